The molecule has 0 bridgehead atoms. The Morgan fingerprint density at radius 1 is 0.931 bits per heavy atom. The van der Waals surface area contributed by atoms with Crippen LogP contribution < -0.4 is 29.9 Å². The Kier molecular flexibility index (Phi) is 16.0. The smallest absolute Gasteiger partial charge is 0.417 e. The predicted molar refractivity (Wildman–Crippen MR) is 268 cm³/mol. The van der Waals surface area contributed by atoms with Crippen molar-refractivity contribution in [1.29, 1.82) is 5.26 Å². The topological polar surface area (TPSA) is 187 Å². The van der Waals surface area contributed by atoms with Crippen LogP contribution in [0.4, 0.5) is 24.5 Å². The highest BCUT2D eigenvalue weighted by Crippen LogP contribution is 2.40. The van der Waals surface area contributed by atoms with Crippen LogP contribution in [0.1, 0.15) is 73.8 Å². The maximum atomic E-state index is 14.1. The first-order valence-corrected chi connectivity index (χ1v) is 24.3. The Hall–Kier alpha value is -6.92. The SMILES string of the molecule is Cc1ncsc1-c1ccc(CNC(=O)[C@@H]2C[C@@H](O)CN2C(=O)[C@@H](NC(=O)c2ccc(OCCOCCOc3ccc(N4C(=S)N(c5ccc(C#N)c(C(F)(F)F)c5)C(=O)C4(C)C)cc3)cc2)C(C)(C)C)cc1. The van der Waals surface area contributed by atoms with Gasteiger partial charge in [-0.15, -0.1) is 11.3 Å². The highest BCUT2D eigenvalue weighted by Gasteiger charge is 2.51. The number of aliphatic hydroxyl groups is 1. The summed E-state index contributed by atoms with van der Waals surface area (Å²) < 4.78 is 58.5. The number of likely N-dealkylation sites (tertiary alicyclic amines) is 1. The lowest BCUT2D eigenvalue weighted by molar-refractivity contribution is -0.142. The van der Waals surface area contributed by atoms with Gasteiger partial charge in [-0.3, -0.25) is 24.1 Å². The maximum absolute atomic E-state index is 14.1. The van der Waals surface area contributed by atoms with Gasteiger partial charge in [-0.05, 0) is 116 Å². The number of benzene rings is 4. The normalized spacial score (nSPS) is 17.2. The summed E-state index contributed by atoms with van der Waals surface area (Å²) in [5.41, 5.74) is 1.61. The van der Waals surface area contributed by atoms with E-state index in [4.69, 9.17) is 26.4 Å². The lowest BCUT2D eigenvalue weighted by atomic mass is 9.85. The Balaban J connectivity index is 0.845. The molecule has 378 valence electrons. The maximum Gasteiger partial charge on any atom is 0.417 e. The molecule has 72 heavy (non-hydrogen) atoms. The van der Waals surface area contributed by atoms with Crippen molar-refractivity contribution in [2.24, 2.45) is 5.41 Å². The summed E-state index contributed by atoms with van der Waals surface area (Å²) in [5.74, 6) is -0.936. The van der Waals surface area contributed by atoms with E-state index in [9.17, 15) is 42.7 Å². The molecule has 4 aromatic carbocycles. The zero-order valence-electron chi connectivity index (χ0n) is 40.4. The molecule has 5 aromatic rings. The van der Waals surface area contributed by atoms with Crippen molar-refractivity contribution in [3.8, 4) is 28.0 Å². The van der Waals surface area contributed by atoms with Crippen molar-refractivity contribution in [2.45, 2.75) is 84.4 Å². The minimum Gasteiger partial charge on any atom is -0.491 e. The minimum atomic E-state index is -4.81. The van der Waals surface area contributed by atoms with E-state index >= 15 is 0 Å². The van der Waals surface area contributed by atoms with Crippen LogP contribution in [-0.2, 0) is 31.8 Å². The lowest BCUT2D eigenvalue weighted by Gasteiger charge is -2.35. The van der Waals surface area contributed by atoms with Crippen LogP contribution in [0.25, 0.3) is 10.4 Å². The molecule has 0 spiro atoms. The molecule has 2 aliphatic heterocycles. The van der Waals surface area contributed by atoms with Gasteiger partial charge < -0.3 is 39.8 Å². The summed E-state index contributed by atoms with van der Waals surface area (Å²) in [5, 5.41) is 25.6. The molecule has 1 aromatic heterocycles. The average Bonchev–Trinajstić information content (AvgIpc) is 4.01. The van der Waals surface area contributed by atoms with Gasteiger partial charge in [0.25, 0.3) is 11.8 Å². The number of thiocarbonyl (C=S) groups is 1. The third-order valence-corrected chi connectivity index (χ3v) is 13.6. The summed E-state index contributed by atoms with van der Waals surface area (Å²) in [6.45, 7) is 11.6. The summed E-state index contributed by atoms with van der Waals surface area (Å²) in [7, 11) is 0. The van der Waals surface area contributed by atoms with Gasteiger partial charge in [0.1, 0.15) is 42.3 Å². The molecule has 7 rings (SSSR count). The number of nitriles is 1. The van der Waals surface area contributed by atoms with E-state index < -0.39 is 70.1 Å². The zero-order chi connectivity index (χ0) is 52.1. The van der Waals surface area contributed by atoms with Crippen molar-refractivity contribution in [2.75, 3.05) is 42.8 Å². The lowest BCUT2D eigenvalue weighted by Crippen LogP contribution is -2.57. The van der Waals surface area contributed by atoms with Crippen LogP contribution in [0.2, 0.25) is 0 Å². The van der Waals surface area contributed by atoms with Gasteiger partial charge in [-0.1, -0.05) is 45.0 Å². The number of hydrogen-bond acceptors (Lipinski definition) is 12. The third kappa shape index (κ3) is 11.9. The van der Waals surface area contributed by atoms with Gasteiger partial charge in [0.05, 0.1) is 58.3 Å². The molecule has 3 atom stereocenters. The number of aliphatic hydroxyl groups excluding tert-OH is 1. The largest absolute Gasteiger partial charge is 0.491 e. The van der Waals surface area contributed by atoms with Gasteiger partial charge in [0, 0.05) is 30.8 Å². The number of anilines is 2. The Bertz CT molecular complexity index is 2850. The van der Waals surface area contributed by atoms with Crippen LogP contribution >= 0.6 is 23.6 Å². The number of carbonyl (C=O) groups excluding carboxylic acids is 4. The number of carbonyl (C=O) groups is 4. The van der Waals surface area contributed by atoms with Crippen molar-refractivity contribution in [3.63, 3.8) is 0 Å². The molecule has 0 unspecified atom stereocenters. The first kappa shape index (κ1) is 52.9. The number of aryl methyl sites for hydroxylation is 1. The fourth-order valence-electron chi connectivity index (χ4n) is 8.39. The molecule has 0 aliphatic carbocycles. The van der Waals surface area contributed by atoms with E-state index in [1.807, 2.05) is 52.0 Å². The van der Waals surface area contributed by atoms with E-state index in [1.54, 1.807) is 84.1 Å². The highest BCUT2D eigenvalue weighted by molar-refractivity contribution is 7.81. The number of hydrogen-bond donors (Lipinski definition) is 3. The molecule has 2 fully saturated rings. The van der Waals surface area contributed by atoms with Gasteiger partial charge in [-0.2, -0.15) is 18.4 Å². The fraction of sp³-hybridized carbons (Fsp3) is 0.365. The molecule has 2 aliphatic rings. The van der Waals surface area contributed by atoms with Gasteiger partial charge >= 0.3 is 6.18 Å². The van der Waals surface area contributed by atoms with E-state index in [0.717, 1.165) is 38.7 Å². The van der Waals surface area contributed by atoms with Crippen LogP contribution in [0.15, 0.2) is 96.5 Å². The van der Waals surface area contributed by atoms with E-state index in [2.05, 4.69) is 15.6 Å². The van der Waals surface area contributed by atoms with E-state index in [1.165, 1.54) is 17.0 Å². The number of aromatic nitrogens is 1. The van der Waals surface area contributed by atoms with Crippen molar-refractivity contribution >= 4 is 63.7 Å². The van der Waals surface area contributed by atoms with E-state index in [-0.39, 0.29) is 62.3 Å². The van der Waals surface area contributed by atoms with Crippen molar-refractivity contribution in [1.82, 2.24) is 20.5 Å². The number of amides is 4. The second-order valence-electron chi connectivity index (χ2n) is 18.8. The number of nitrogens with one attached hydrogen (secondary N) is 2. The molecular weight excluding hydrogens is 972 g/mol. The minimum absolute atomic E-state index is 0.0254. The number of rotatable bonds is 17. The van der Waals surface area contributed by atoms with E-state index in [0.29, 0.717) is 17.2 Å². The van der Waals surface area contributed by atoms with Crippen LogP contribution in [-0.4, -0.2) is 100 Å². The molecule has 20 heteroatoms. The number of ether oxygens (including phenoxy) is 3. The number of β-amino-alcohol motifs (C(OH)–C–C–N with tert-alkyl or cyclic N) is 1. The standard InChI is InChI=1S/C52H54F3N7O8S2/c1-31-43(72-30-58-31)33-9-7-32(8-10-33)28-57-46(65)42-26-38(63)29-60(42)47(66)44(50(2,3)4)59-45(64)34-12-17-39(18-13-34)69-23-21-68-22-24-70-40-19-15-36(16-20-40)62-49(71)61(48(67)51(62,5)6)37-14-11-35(27-56)41(25-37)52(53,54)55/h7-20,25,30,38,42,44,63H,21-24,26,28-29H2,1-6H3,(H,57,65)(H,59,64)/t38-,42+,44-/m1/s1. The summed E-state index contributed by atoms with van der Waals surface area (Å²) in [6.07, 6.45) is -5.65. The molecule has 3 N–H and O–H groups in total. The number of halogens is 3. The van der Waals surface area contributed by atoms with Gasteiger partial charge in [0.2, 0.25) is 11.8 Å². The van der Waals surface area contributed by atoms with Crippen molar-refractivity contribution < 1.29 is 51.7 Å². The number of nitrogens with zero attached hydrogens (tertiary/aromatic N) is 5. The predicted octanol–water partition coefficient (Wildman–Crippen LogP) is 7.82. The first-order valence-electron chi connectivity index (χ1n) is 23.0. The van der Waals surface area contributed by atoms with Crippen molar-refractivity contribution in [3.05, 3.63) is 124 Å². The Labute approximate surface area is 424 Å². The summed E-state index contributed by atoms with van der Waals surface area (Å²) in [6, 6.07) is 23.5. The van der Waals surface area contributed by atoms with Crippen LogP contribution in [0.5, 0.6) is 11.5 Å². The molecule has 15 nitrogen and oxygen atoms in total. The first-order chi connectivity index (χ1) is 34.1. The fourth-order valence-corrected chi connectivity index (χ4v) is 9.72. The third-order valence-electron chi connectivity index (χ3n) is 12.2. The second-order valence-corrected chi connectivity index (χ2v) is 20.1. The monoisotopic (exact) mass is 1030 g/mol. The Morgan fingerprint density at radius 2 is 1.54 bits per heavy atom. The molecule has 2 saturated heterocycles. The molecule has 4 amide bonds. The molecule has 0 radical (unpaired) electrons. The summed E-state index contributed by atoms with van der Waals surface area (Å²) in [4.78, 5) is 64.0. The van der Waals surface area contributed by atoms with Crippen LogP contribution in [0.3, 0.4) is 0 Å². The highest BCUT2D eigenvalue weighted by atomic mass is 32.1. The average molecular weight is 1030 g/mol. The zero-order valence-corrected chi connectivity index (χ0v) is 42.0. The second kappa shape index (κ2) is 21.8. The molecule has 0 saturated carbocycles. The summed E-state index contributed by atoms with van der Waals surface area (Å²) >= 11 is 7.18. The Morgan fingerprint density at radius 3 is 2.11 bits per heavy atom. The quantitative estimate of drug-likeness (QED) is 0.0607. The van der Waals surface area contributed by atoms with Gasteiger partial charge in [0.15, 0.2) is 5.11 Å². The number of thiazole rings is 1. The molecular formula is C52H54F3N7O8S2. The number of alkyl halides is 3. The van der Waals surface area contributed by atoms with Gasteiger partial charge in [-0.25, -0.2) is 4.98 Å². The van der Waals surface area contributed by atoms with Crippen LogP contribution in [0, 0.1) is 23.7 Å². The molecule has 3 heterocycles.